The van der Waals surface area contributed by atoms with Gasteiger partial charge in [-0.15, -0.1) is 0 Å². The molecule has 1 saturated heterocycles. The lowest BCUT2D eigenvalue weighted by Gasteiger charge is -2.31. The van der Waals surface area contributed by atoms with Gasteiger partial charge in [0.2, 0.25) is 0 Å². The second-order valence-corrected chi connectivity index (χ2v) is 12.0. The molecule has 39 heavy (non-hydrogen) atoms. The molecule has 0 saturated carbocycles. The molecule has 210 valence electrons. The van der Waals surface area contributed by atoms with Gasteiger partial charge in [-0.3, -0.25) is 0 Å². The maximum absolute atomic E-state index is 13.5. The van der Waals surface area contributed by atoms with E-state index in [4.69, 9.17) is 9.47 Å². The van der Waals surface area contributed by atoms with Crippen LogP contribution in [0, 0.1) is 20.8 Å². The van der Waals surface area contributed by atoms with Crippen LogP contribution in [-0.2, 0) is 22.6 Å². The molecule has 8 heteroatoms. The van der Waals surface area contributed by atoms with Crippen molar-refractivity contribution in [3.8, 4) is 16.9 Å². The number of fused-ring (bicyclic) bond motifs is 2. The van der Waals surface area contributed by atoms with Gasteiger partial charge in [-0.25, -0.2) is 9.59 Å². The number of ether oxygens (including phenoxy) is 2. The molecule has 2 N–H and O–H groups in total. The van der Waals surface area contributed by atoms with Crippen LogP contribution in [0.15, 0.2) is 12.1 Å². The normalized spacial score (nSPS) is 17.7. The van der Waals surface area contributed by atoms with Crippen LogP contribution in [0.3, 0.4) is 0 Å². The van der Waals surface area contributed by atoms with Crippen molar-refractivity contribution in [1.82, 2.24) is 9.80 Å². The van der Waals surface area contributed by atoms with E-state index in [0.717, 1.165) is 76.3 Å². The highest BCUT2D eigenvalue weighted by atomic mass is 16.5. The Morgan fingerprint density at radius 2 is 1.64 bits per heavy atom. The van der Waals surface area contributed by atoms with Crippen LogP contribution in [0.5, 0.6) is 5.75 Å². The zero-order valence-corrected chi connectivity index (χ0v) is 24.1. The van der Waals surface area contributed by atoms with E-state index < -0.39 is 17.7 Å². The van der Waals surface area contributed by atoms with Crippen molar-refractivity contribution in [3.63, 3.8) is 0 Å². The number of aliphatic carboxylic acids is 1. The summed E-state index contributed by atoms with van der Waals surface area (Å²) < 4.78 is 12.1. The number of hydrogen-bond acceptors (Lipinski definition) is 5. The number of carbonyl (C=O) groups excluding carboxylic acids is 1. The average molecular weight is 536 g/mol. The Balaban J connectivity index is 1.68. The number of piperidine rings is 1. The minimum atomic E-state index is -1.16. The smallest absolute Gasteiger partial charge is 0.337 e. The van der Waals surface area contributed by atoms with E-state index in [2.05, 4.69) is 12.2 Å². The average Bonchev–Trinajstić information content (AvgIpc) is 3.36. The number of amides is 2. The third-order valence-electron chi connectivity index (χ3n) is 8.23. The van der Waals surface area contributed by atoms with Crippen LogP contribution in [0.1, 0.15) is 79.5 Å². The number of carboxylic acid groups (broad SMARTS) is 1. The standard InChI is InChI=1S/C31H41N3O5/c1-18-22-16-34(30(37)33-13-8-7-9-14-33)17-23(22)19(2)26(28(29(35)36)39-31(4,5)6)25(18)21-10-11-24-27(20(21)3)32-12-15-38-24/h10-11,28,32H,7-9,12-17H2,1-6H3,(H,35,36). The summed E-state index contributed by atoms with van der Waals surface area (Å²) >= 11 is 0. The molecule has 3 heterocycles. The number of hydrogen-bond donors (Lipinski definition) is 2. The molecule has 1 atom stereocenters. The Hall–Kier alpha value is -3.26. The number of nitrogens with one attached hydrogen (secondary N) is 1. The lowest BCUT2D eigenvalue weighted by Crippen LogP contribution is -2.43. The summed E-state index contributed by atoms with van der Waals surface area (Å²) in [5.74, 6) is -0.219. The minimum Gasteiger partial charge on any atom is -0.490 e. The second kappa shape index (κ2) is 10.4. The molecule has 0 aromatic heterocycles. The van der Waals surface area contributed by atoms with Crippen molar-refractivity contribution in [3.05, 3.63) is 45.5 Å². The fraction of sp³-hybridized carbons (Fsp3) is 0.548. The molecule has 1 unspecified atom stereocenters. The molecule has 3 aliphatic heterocycles. The maximum atomic E-state index is 13.5. The summed E-state index contributed by atoms with van der Waals surface area (Å²) in [6, 6.07) is 4.06. The van der Waals surface area contributed by atoms with E-state index in [1.54, 1.807) is 0 Å². The fourth-order valence-corrected chi connectivity index (χ4v) is 6.34. The summed E-state index contributed by atoms with van der Waals surface area (Å²) in [4.78, 5) is 30.2. The first-order chi connectivity index (χ1) is 18.5. The summed E-state index contributed by atoms with van der Waals surface area (Å²) in [7, 11) is 0. The molecule has 0 radical (unpaired) electrons. The number of anilines is 1. The molecule has 0 spiro atoms. The third kappa shape index (κ3) is 5.07. The minimum absolute atomic E-state index is 0.0693. The number of rotatable bonds is 4. The van der Waals surface area contributed by atoms with Crippen molar-refractivity contribution in [2.45, 2.75) is 85.6 Å². The van der Waals surface area contributed by atoms with Crippen LogP contribution in [0.4, 0.5) is 10.5 Å². The number of carboxylic acids is 1. The summed E-state index contributed by atoms with van der Waals surface area (Å²) in [6.45, 7) is 15.6. The van der Waals surface area contributed by atoms with E-state index >= 15 is 0 Å². The van der Waals surface area contributed by atoms with E-state index in [1.165, 1.54) is 6.42 Å². The zero-order chi connectivity index (χ0) is 28.1. The Morgan fingerprint density at radius 1 is 0.974 bits per heavy atom. The zero-order valence-electron chi connectivity index (χ0n) is 24.1. The topological polar surface area (TPSA) is 91.3 Å². The van der Waals surface area contributed by atoms with Gasteiger partial charge in [-0.2, -0.15) is 0 Å². The molecule has 3 aliphatic rings. The molecule has 0 aliphatic carbocycles. The lowest BCUT2D eigenvalue weighted by atomic mass is 9.81. The summed E-state index contributed by atoms with van der Waals surface area (Å²) in [6.07, 6.45) is 2.09. The van der Waals surface area contributed by atoms with E-state index in [-0.39, 0.29) is 6.03 Å². The largest absolute Gasteiger partial charge is 0.490 e. The molecule has 0 bridgehead atoms. The van der Waals surface area contributed by atoms with Crippen LogP contribution < -0.4 is 10.1 Å². The SMILES string of the molecule is Cc1c(-c2c(C)c3c(c(C)c2C(OC(C)(C)C)C(=O)O)CN(C(=O)N2CCCCC2)C3)ccc2c1NCCO2. The Labute approximate surface area is 231 Å². The quantitative estimate of drug-likeness (QED) is 0.503. The molecule has 2 amide bonds. The van der Waals surface area contributed by atoms with Crippen molar-refractivity contribution in [1.29, 1.82) is 0 Å². The first-order valence-electron chi connectivity index (χ1n) is 14.1. The van der Waals surface area contributed by atoms with Gasteiger partial charge in [-0.05, 0) is 106 Å². The highest BCUT2D eigenvalue weighted by molar-refractivity contribution is 5.88. The van der Waals surface area contributed by atoms with Crippen molar-refractivity contribution in [2.24, 2.45) is 0 Å². The van der Waals surface area contributed by atoms with Gasteiger partial charge in [0.1, 0.15) is 12.4 Å². The van der Waals surface area contributed by atoms with Crippen LogP contribution in [0.25, 0.3) is 11.1 Å². The van der Waals surface area contributed by atoms with Gasteiger partial charge in [-0.1, -0.05) is 6.07 Å². The highest BCUT2D eigenvalue weighted by Gasteiger charge is 2.38. The molecule has 8 nitrogen and oxygen atoms in total. The van der Waals surface area contributed by atoms with Crippen molar-refractivity contribution in [2.75, 3.05) is 31.6 Å². The fourth-order valence-electron chi connectivity index (χ4n) is 6.34. The first-order valence-corrected chi connectivity index (χ1v) is 14.1. The maximum Gasteiger partial charge on any atom is 0.337 e. The van der Waals surface area contributed by atoms with Gasteiger partial charge >= 0.3 is 12.0 Å². The number of carbonyl (C=O) groups is 2. The Kier molecular flexibility index (Phi) is 7.27. The number of benzene rings is 2. The van der Waals surface area contributed by atoms with Gasteiger partial charge < -0.3 is 29.7 Å². The van der Waals surface area contributed by atoms with Crippen molar-refractivity contribution >= 4 is 17.7 Å². The van der Waals surface area contributed by atoms with Crippen LogP contribution in [-0.4, -0.2) is 58.7 Å². The van der Waals surface area contributed by atoms with E-state index in [9.17, 15) is 14.7 Å². The lowest BCUT2D eigenvalue weighted by molar-refractivity contribution is -0.160. The molecular formula is C31H41N3O5. The molecule has 5 rings (SSSR count). The monoisotopic (exact) mass is 535 g/mol. The molecule has 2 aromatic carbocycles. The summed E-state index contributed by atoms with van der Waals surface area (Å²) in [5, 5.41) is 13.9. The van der Waals surface area contributed by atoms with Crippen molar-refractivity contribution < 1.29 is 24.2 Å². The number of nitrogens with zero attached hydrogens (tertiary/aromatic N) is 2. The Bertz CT molecular complexity index is 1310. The summed E-state index contributed by atoms with van der Waals surface area (Å²) in [5.41, 5.74) is 7.81. The van der Waals surface area contributed by atoms with E-state index in [0.29, 0.717) is 31.8 Å². The first kappa shape index (κ1) is 27.3. The predicted molar refractivity (Wildman–Crippen MR) is 151 cm³/mol. The van der Waals surface area contributed by atoms with E-state index in [1.807, 2.05) is 56.6 Å². The van der Waals surface area contributed by atoms with Gasteiger partial charge in [0.25, 0.3) is 0 Å². The molecular weight excluding hydrogens is 494 g/mol. The number of urea groups is 1. The molecule has 1 fully saturated rings. The predicted octanol–water partition coefficient (Wildman–Crippen LogP) is 5.95. The second-order valence-electron chi connectivity index (χ2n) is 12.0. The number of likely N-dealkylation sites (tertiary alicyclic amines) is 1. The van der Waals surface area contributed by atoms with Crippen LogP contribution in [0.2, 0.25) is 0 Å². The van der Waals surface area contributed by atoms with Gasteiger partial charge in [0.15, 0.2) is 6.10 Å². The highest BCUT2D eigenvalue weighted by Crippen LogP contribution is 2.47. The van der Waals surface area contributed by atoms with Gasteiger partial charge in [0.05, 0.1) is 11.3 Å². The van der Waals surface area contributed by atoms with Crippen LogP contribution >= 0.6 is 0 Å². The Morgan fingerprint density at radius 3 is 2.28 bits per heavy atom. The van der Waals surface area contributed by atoms with Gasteiger partial charge in [0, 0.05) is 38.3 Å². The third-order valence-corrected chi connectivity index (χ3v) is 8.23. The molecule has 2 aromatic rings.